The van der Waals surface area contributed by atoms with E-state index in [1.54, 1.807) is 42.6 Å². The summed E-state index contributed by atoms with van der Waals surface area (Å²) in [5.41, 5.74) is 7.11. The second-order valence-corrected chi connectivity index (χ2v) is 3.63. The molecule has 5 heteroatoms. The van der Waals surface area contributed by atoms with E-state index in [2.05, 4.69) is 10.3 Å². The number of hydrogen-bond donors (Lipinski definition) is 2. The normalized spacial score (nSPS) is 9.83. The number of aromatic nitrogens is 1. The first kappa shape index (κ1) is 11.9. The number of methoxy groups -OCH3 is 1. The fourth-order valence-corrected chi connectivity index (χ4v) is 1.49. The first-order valence-corrected chi connectivity index (χ1v) is 5.36. The zero-order chi connectivity index (χ0) is 13.0. The lowest BCUT2D eigenvalue weighted by Crippen LogP contribution is -2.14. The number of benzene rings is 1. The molecule has 0 atom stereocenters. The van der Waals surface area contributed by atoms with Crippen LogP contribution in [0.1, 0.15) is 10.5 Å². The van der Waals surface area contributed by atoms with E-state index in [4.69, 9.17) is 10.5 Å². The Balaban J connectivity index is 2.22. The van der Waals surface area contributed by atoms with Gasteiger partial charge in [-0.25, -0.2) is 0 Å². The van der Waals surface area contributed by atoms with E-state index in [0.717, 1.165) is 0 Å². The van der Waals surface area contributed by atoms with Crippen LogP contribution in [0.3, 0.4) is 0 Å². The van der Waals surface area contributed by atoms with Crippen molar-refractivity contribution in [2.75, 3.05) is 18.2 Å². The lowest BCUT2D eigenvalue weighted by molar-refractivity contribution is 0.102. The smallest absolute Gasteiger partial charge is 0.274 e. The van der Waals surface area contributed by atoms with Gasteiger partial charge in [0.15, 0.2) is 0 Å². The molecule has 0 unspecified atom stereocenters. The van der Waals surface area contributed by atoms with Gasteiger partial charge < -0.3 is 15.8 Å². The summed E-state index contributed by atoms with van der Waals surface area (Å²) in [6.45, 7) is 0. The van der Waals surface area contributed by atoms with E-state index < -0.39 is 0 Å². The van der Waals surface area contributed by atoms with Gasteiger partial charge in [0.2, 0.25) is 0 Å². The minimum atomic E-state index is -0.293. The number of anilines is 2. The number of nitrogens with zero attached hydrogens (tertiary/aromatic N) is 1. The summed E-state index contributed by atoms with van der Waals surface area (Å²) in [5.74, 6) is 0.220. The van der Waals surface area contributed by atoms with E-state index in [9.17, 15) is 4.79 Å². The molecule has 0 aliphatic rings. The van der Waals surface area contributed by atoms with Crippen molar-refractivity contribution in [2.24, 2.45) is 0 Å². The van der Waals surface area contributed by atoms with Crippen LogP contribution >= 0.6 is 0 Å². The van der Waals surface area contributed by atoms with Crippen LogP contribution < -0.4 is 15.8 Å². The molecule has 0 fully saturated rings. The largest absolute Gasteiger partial charge is 0.494 e. The Hall–Kier alpha value is -2.56. The van der Waals surface area contributed by atoms with Crippen molar-refractivity contribution >= 4 is 17.3 Å². The number of nitrogens with one attached hydrogen (secondary N) is 1. The molecule has 1 amide bonds. The van der Waals surface area contributed by atoms with Crippen LogP contribution in [-0.4, -0.2) is 18.0 Å². The second-order valence-electron chi connectivity index (χ2n) is 3.63. The van der Waals surface area contributed by atoms with Crippen molar-refractivity contribution in [3.05, 3.63) is 48.3 Å². The van der Waals surface area contributed by atoms with Crippen LogP contribution in [0, 0.1) is 0 Å². The third kappa shape index (κ3) is 2.57. The molecule has 0 aliphatic heterocycles. The van der Waals surface area contributed by atoms with E-state index >= 15 is 0 Å². The molecule has 0 saturated carbocycles. The maximum atomic E-state index is 11.9. The van der Waals surface area contributed by atoms with Gasteiger partial charge in [0.05, 0.1) is 12.8 Å². The summed E-state index contributed by atoms with van der Waals surface area (Å²) in [6.07, 6.45) is 1.56. The number of carbonyl (C=O) groups excluding carboxylic acids is 1. The van der Waals surface area contributed by atoms with E-state index in [1.165, 1.54) is 7.11 Å². The number of hydrogen-bond acceptors (Lipinski definition) is 4. The topological polar surface area (TPSA) is 77.2 Å². The van der Waals surface area contributed by atoms with Crippen LogP contribution in [0.15, 0.2) is 42.6 Å². The fourth-order valence-electron chi connectivity index (χ4n) is 1.49. The van der Waals surface area contributed by atoms with Gasteiger partial charge in [-0.1, -0.05) is 6.07 Å². The van der Waals surface area contributed by atoms with Gasteiger partial charge in [-0.15, -0.1) is 0 Å². The number of ether oxygens (including phenoxy) is 1. The highest BCUT2D eigenvalue weighted by molar-refractivity contribution is 6.03. The number of nitrogens with two attached hydrogens (primary N) is 1. The molecule has 1 aromatic carbocycles. The van der Waals surface area contributed by atoms with Crippen molar-refractivity contribution in [3.8, 4) is 5.75 Å². The quantitative estimate of drug-likeness (QED) is 0.807. The Bertz CT molecular complexity index is 555. The Morgan fingerprint density at radius 2 is 2.17 bits per heavy atom. The third-order valence-corrected chi connectivity index (χ3v) is 2.37. The lowest BCUT2D eigenvalue weighted by Gasteiger charge is -2.10. The first-order valence-electron chi connectivity index (χ1n) is 5.36. The molecule has 2 aromatic rings. The Morgan fingerprint density at radius 3 is 2.83 bits per heavy atom. The van der Waals surface area contributed by atoms with Crippen molar-refractivity contribution in [1.29, 1.82) is 0 Å². The average molecular weight is 243 g/mol. The SMILES string of the molecule is COc1cc(N)ccc1NC(=O)c1ccccn1. The van der Waals surface area contributed by atoms with E-state index in [0.29, 0.717) is 22.8 Å². The molecule has 18 heavy (non-hydrogen) atoms. The molecule has 2 rings (SSSR count). The highest BCUT2D eigenvalue weighted by Gasteiger charge is 2.10. The molecule has 0 bridgehead atoms. The van der Waals surface area contributed by atoms with Crippen molar-refractivity contribution < 1.29 is 9.53 Å². The molecular formula is C13H13N3O2. The monoisotopic (exact) mass is 243 g/mol. The maximum Gasteiger partial charge on any atom is 0.274 e. The summed E-state index contributed by atoms with van der Waals surface area (Å²) in [5, 5.41) is 2.72. The molecule has 0 saturated heterocycles. The van der Waals surface area contributed by atoms with E-state index in [-0.39, 0.29) is 5.91 Å². The van der Waals surface area contributed by atoms with Gasteiger partial charge in [0.1, 0.15) is 11.4 Å². The van der Waals surface area contributed by atoms with Gasteiger partial charge >= 0.3 is 0 Å². The molecule has 3 N–H and O–H groups in total. The lowest BCUT2D eigenvalue weighted by atomic mass is 10.2. The highest BCUT2D eigenvalue weighted by atomic mass is 16.5. The zero-order valence-electron chi connectivity index (χ0n) is 9.88. The Kier molecular flexibility index (Phi) is 3.43. The number of amides is 1. The molecule has 0 spiro atoms. The minimum Gasteiger partial charge on any atom is -0.494 e. The van der Waals surface area contributed by atoms with Gasteiger partial charge in [0.25, 0.3) is 5.91 Å². The number of rotatable bonds is 3. The van der Waals surface area contributed by atoms with Gasteiger partial charge in [-0.3, -0.25) is 9.78 Å². The van der Waals surface area contributed by atoms with Crippen LogP contribution in [0.5, 0.6) is 5.75 Å². The summed E-state index contributed by atoms with van der Waals surface area (Å²) in [4.78, 5) is 15.9. The number of pyridine rings is 1. The molecule has 1 aromatic heterocycles. The molecular weight excluding hydrogens is 230 g/mol. The Labute approximate surface area is 105 Å². The number of nitrogen functional groups attached to an aromatic ring is 1. The van der Waals surface area contributed by atoms with Gasteiger partial charge in [0, 0.05) is 18.0 Å². The molecule has 92 valence electrons. The minimum absolute atomic E-state index is 0.293. The molecule has 1 heterocycles. The molecule has 5 nitrogen and oxygen atoms in total. The van der Waals surface area contributed by atoms with Crippen molar-refractivity contribution in [3.63, 3.8) is 0 Å². The van der Waals surface area contributed by atoms with Crippen LogP contribution in [0.4, 0.5) is 11.4 Å². The summed E-state index contributed by atoms with van der Waals surface area (Å²) < 4.78 is 5.15. The van der Waals surface area contributed by atoms with E-state index in [1.807, 2.05) is 0 Å². The van der Waals surface area contributed by atoms with Gasteiger partial charge in [-0.05, 0) is 24.3 Å². The van der Waals surface area contributed by atoms with Crippen LogP contribution in [0.2, 0.25) is 0 Å². The standard InChI is InChI=1S/C13H13N3O2/c1-18-12-8-9(14)5-6-10(12)16-13(17)11-4-2-3-7-15-11/h2-8H,14H2,1H3,(H,16,17). The molecule has 0 radical (unpaired) electrons. The zero-order valence-corrected chi connectivity index (χ0v) is 9.88. The summed E-state index contributed by atoms with van der Waals surface area (Å²) >= 11 is 0. The van der Waals surface area contributed by atoms with Crippen LogP contribution in [-0.2, 0) is 0 Å². The van der Waals surface area contributed by atoms with Crippen molar-refractivity contribution in [2.45, 2.75) is 0 Å². The predicted molar refractivity (Wildman–Crippen MR) is 69.6 cm³/mol. The van der Waals surface area contributed by atoms with Gasteiger partial charge in [-0.2, -0.15) is 0 Å². The average Bonchev–Trinajstić information content (AvgIpc) is 2.41. The highest BCUT2D eigenvalue weighted by Crippen LogP contribution is 2.26. The Morgan fingerprint density at radius 1 is 1.33 bits per heavy atom. The second kappa shape index (κ2) is 5.18. The third-order valence-electron chi connectivity index (χ3n) is 2.37. The molecule has 0 aliphatic carbocycles. The van der Waals surface area contributed by atoms with Crippen LogP contribution in [0.25, 0.3) is 0 Å². The van der Waals surface area contributed by atoms with Crippen molar-refractivity contribution in [1.82, 2.24) is 4.98 Å². The number of carbonyl (C=O) groups is 1. The summed E-state index contributed by atoms with van der Waals surface area (Å²) in [7, 11) is 1.52. The fraction of sp³-hybridized carbons (Fsp3) is 0.0769. The predicted octanol–water partition coefficient (Wildman–Crippen LogP) is 1.92. The summed E-state index contributed by atoms with van der Waals surface area (Å²) in [6, 6.07) is 10.2. The maximum absolute atomic E-state index is 11.9. The first-order chi connectivity index (χ1) is 8.70.